The Labute approximate surface area is 118 Å². The highest BCUT2D eigenvalue weighted by molar-refractivity contribution is 7.98. The zero-order valence-corrected chi connectivity index (χ0v) is 11.9. The molecule has 96 valence electrons. The van der Waals surface area contributed by atoms with E-state index < -0.39 is 0 Å². The molecule has 0 amide bonds. The van der Waals surface area contributed by atoms with E-state index in [1.54, 1.807) is 0 Å². The second kappa shape index (κ2) is 5.62. The molecule has 2 aromatic carbocycles. The Morgan fingerprint density at radius 2 is 1.58 bits per heavy atom. The number of thioether (sulfide) groups is 1. The molecule has 1 aromatic heterocycles. The van der Waals surface area contributed by atoms with E-state index in [0.717, 1.165) is 11.9 Å². The molecule has 0 saturated carbocycles. The van der Waals surface area contributed by atoms with Crippen molar-refractivity contribution in [3.8, 4) is 0 Å². The first-order chi connectivity index (χ1) is 9.40. The Morgan fingerprint density at radius 1 is 0.895 bits per heavy atom. The third-order valence-electron chi connectivity index (χ3n) is 3.45. The van der Waals surface area contributed by atoms with Gasteiger partial charge in [0.25, 0.3) is 0 Å². The zero-order valence-electron chi connectivity index (χ0n) is 11.1. The predicted molar refractivity (Wildman–Crippen MR) is 86.0 cm³/mol. The number of hydrogen-bond donors (Lipinski definition) is 0. The second-order valence-electron chi connectivity index (χ2n) is 4.72. The fraction of sp³-hybridized carbons (Fsp3) is 0.235. The van der Waals surface area contributed by atoms with Gasteiger partial charge >= 0.3 is 0 Å². The summed E-state index contributed by atoms with van der Waals surface area (Å²) in [5.41, 5.74) is 2.35. The first-order valence-electron chi connectivity index (χ1n) is 6.65. The van der Waals surface area contributed by atoms with E-state index in [0.29, 0.717) is 0 Å². The molecule has 1 heterocycles. The van der Waals surface area contributed by atoms with E-state index in [-0.39, 0.29) is 0 Å². The van der Waals surface area contributed by atoms with E-state index in [1.807, 2.05) is 11.8 Å². The Hall–Kier alpha value is -1.54. The van der Waals surface area contributed by atoms with E-state index >= 15 is 0 Å². The third-order valence-corrected chi connectivity index (χ3v) is 4.15. The van der Waals surface area contributed by atoms with E-state index in [4.69, 9.17) is 4.98 Å². The van der Waals surface area contributed by atoms with Gasteiger partial charge in [-0.3, -0.25) is 4.98 Å². The lowest BCUT2D eigenvalue weighted by molar-refractivity contribution is 0.910. The van der Waals surface area contributed by atoms with Gasteiger partial charge in [0.15, 0.2) is 0 Å². The molecule has 0 bridgehead atoms. The Morgan fingerprint density at radius 3 is 2.37 bits per heavy atom. The summed E-state index contributed by atoms with van der Waals surface area (Å²) in [6.45, 7) is 0. The molecular weight excluding hydrogens is 250 g/mol. The van der Waals surface area contributed by atoms with Crippen molar-refractivity contribution in [2.45, 2.75) is 12.8 Å². The summed E-state index contributed by atoms with van der Waals surface area (Å²) in [5, 5.41) is 3.89. The lowest BCUT2D eigenvalue weighted by atomic mass is 10.0. The van der Waals surface area contributed by atoms with Crippen molar-refractivity contribution in [3.63, 3.8) is 0 Å². The molecule has 0 aliphatic carbocycles. The van der Waals surface area contributed by atoms with E-state index in [9.17, 15) is 0 Å². The normalized spacial score (nSPS) is 11.2. The SMILES string of the molecule is CSCCCc1nc2ccccc2c2ccccc12. The number of hydrogen-bond acceptors (Lipinski definition) is 2. The van der Waals surface area contributed by atoms with Gasteiger partial charge < -0.3 is 0 Å². The number of benzene rings is 2. The number of para-hydroxylation sites is 1. The molecule has 0 N–H and O–H groups in total. The highest BCUT2D eigenvalue weighted by Crippen LogP contribution is 2.26. The van der Waals surface area contributed by atoms with Gasteiger partial charge in [0, 0.05) is 16.5 Å². The van der Waals surface area contributed by atoms with Gasteiger partial charge in [-0.1, -0.05) is 42.5 Å². The quantitative estimate of drug-likeness (QED) is 0.502. The molecule has 0 spiro atoms. The zero-order chi connectivity index (χ0) is 13.1. The van der Waals surface area contributed by atoms with Crippen LogP contribution in [0.3, 0.4) is 0 Å². The fourth-order valence-electron chi connectivity index (χ4n) is 2.55. The molecule has 0 aliphatic rings. The number of nitrogens with zero attached hydrogens (tertiary/aromatic N) is 1. The van der Waals surface area contributed by atoms with Crippen LogP contribution in [0.1, 0.15) is 12.1 Å². The van der Waals surface area contributed by atoms with Crippen molar-refractivity contribution < 1.29 is 0 Å². The Kier molecular flexibility index (Phi) is 3.69. The van der Waals surface area contributed by atoms with Crippen molar-refractivity contribution in [1.82, 2.24) is 4.98 Å². The fourth-order valence-corrected chi connectivity index (χ4v) is 2.98. The molecule has 19 heavy (non-hydrogen) atoms. The lowest BCUT2D eigenvalue weighted by Gasteiger charge is -2.09. The summed E-state index contributed by atoms with van der Waals surface area (Å²) >= 11 is 1.90. The number of pyridine rings is 1. The van der Waals surface area contributed by atoms with E-state index in [2.05, 4.69) is 54.8 Å². The molecule has 0 unspecified atom stereocenters. The van der Waals surface area contributed by atoms with Gasteiger partial charge in [0.05, 0.1) is 5.52 Å². The van der Waals surface area contributed by atoms with Gasteiger partial charge in [0.1, 0.15) is 0 Å². The van der Waals surface area contributed by atoms with Crippen LogP contribution in [-0.4, -0.2) is 17.0 Å². The molecule has 0 radical (unpaired) electrons. The predicted octanol–water partition coefficient (Wildman–Crippen LogP) is 4.68. The summed E-state index contributed by atoms with van der Waals surface area (Å²) in [6.07, 6.45) is 4.41. The Balaban J connectivity index is 2.18. The molecule has 0 aliphatic heterocycles. The summed E-state index contributed by atoms with van der Waals surface area (Å²) in [5.74, 6) is 1.20. The van der Waals surface area contributed by atoms with Crippen molar-refractivity contribution >= 4 is 33.4 Å². The first kappa shape index (κ1) is 12.5. The molecule has 1 nitrogen and oxygen atoms in total. The molecule has 3 rings (SSSR count). The summed E-state index contributed by atoms with van der Waals surface area (Å²) in [4.78, 5) is 4.87. The maximum atomic E-state index is 4.87. The number of aromatic nitrogens is 1. The smallest absolute Gasteiger partial charge is 0.0711 e. The van der Waals surface area contributed by atoms with Crippen LogP contribution in [0.5, 0.6) is 0 Å². The summed E-state index contributed by atoms with van der Waals surface area (Å²) in [7, 11) is 0. The summed E-state index contributed by atoms with van der Waals surface area (Å²) < 4.78 is 0. The number of aryl methyl sites for hydroxylation is 1. The van der Waals surface area contributed by atoms with Gasteiger partial charge in [-0.25, -0.2) is 0 Å². The average molecular weight is 267 g/mol. The van der Waals surface area contributed by atoms with E-state index in [1.165, 1.54) is 34.0 Å². The maximum Gasteiger partial charge on any atom is 0.0711 e. The third kappa shape index (κ3) is 2.45. The van der Waals surface area contributed by atoms with Crippen LogP contribution in [0.25, 0.3) is 21.7 Å². The minimum atomic E-state index is 1.06. The second-order valence-corrected chi connectivity index (χ2v) is 5.70. The Bertz CT molecular complexity index is 706. The highest BCUT2D eigenvalue weighted by atomic mass is 32.2. The van der Waals surface area contributed by atoms with Crippen molar-refractivity contribution in [2.75, 3.05) is 12.0 Å². The molecule has 0 saturated heterocycles. The topological polar surface area (TPSA) is 12.9 Å². The van der Waals surface area contributed by atoms with Crippen molar-refractivity contribution in [1.29, 1.82) is 0 Å². The standard InChI is InChI=1S/C17H17NS/c1-19-12-6-11-17-15-8-3-2-7-13(15)14-9-4-5-10-16(14)18-17/h2-5,7-10H,6,11-12H2,1H3. The minimum Gasteiger partial charge on any atom is -0.252 e. The number of fused-ring (bicyclic) bond motifs is 3. The van der Waals surface area contributed by atoms with Crippen LogP contribution in [0, 0.1) is 0 Å². The first-order valence-corrected chi connectivity index (χ1v) is 8.05. The van der Waals surface area contributed by atoms with Gasteiger partial charge in [-0.05, 0) is 36.3 Å². The van der Waals surface area contributed by atoms with Crippen LogP contribution in [0.15, 0.2) is 48.5 Å². The number of rotatable bonds is 4. The lowest BCUT2D eigenvalue weighted by Crippen LogP contribution is -1.95. The van der Waals surface area contributed by atoms with Gasteiger partial charge in [0.2, 0.25) is 0 Å². The average Bonchev–Trinajstić information content (AvgIpc) is 2.47. The molecule has 3 aromatic rings. The van der Waals surface area contributed by atoms with Crippen LogP contribution < -0.4 is 0 Å². The molecule has 0 fully saturated rings. The summed E-state index contributed by atoms with van der Waals surface area (Å²) in [6, 6.07) is 17.0. The largest absolute Gasteiger partial charge is 0.252 e. The minimum absolute atomic E-state index is 1.06. The molecule has 2 heteroatoms. The van der Waals surface area contributed by atoms with Gasteiger partial charge in [-0.2, -0.15) is 11.8 Å². The van der Waals surface area contributed by atoms with Crippen LogP contribution in [-0.2, 0) is 6.42 Å². The van der Waals surface area contributed by atoms with Crippen molar-refractivity contribution in [3.05, 3.63) is 54.2 Å². The van der Waals surface area contributed by atoms with Gasteiger partial charge in [-0.15, -0.1) is 0 Å². The molecular formula is C17H17NS. The van der Waals surface area contributed by atoms with Crippen LogP contribution >= 0.6 is 11.8 Å². The maximum absolute atomic E-state index is 4.87. The van der Waals surface area contributed by atoms with Crippen molar-refractivity contribution in [2.24, 2.45) is 0 Å². The molecule has 0 atom stereocenters. The monoisotopic (exact) mass is 267 g/mol. The van der Waals surface area contributed by atoms with Crippen LogP contribution in [0.2, 0.25) is 0 Å². The highest BCUT2D eigenvalue weighted by Gasteiger charge is 2.07. The van der Waals surface area contributed by atoms with Crippen LogP contribution in [0.4, 0.5) is 0 Å².